The van der Waals surface area contributed by atoms with Crippen LogP contribution >= 0.6 is 11.6 Å². The van der Waals surface area contributed by atoms with E-state index in [0.29, 0.717) is 5.92 Å². The van der Waals surface area contributed by atoms with Crippen LogP contribution < -0.4 is 0 Å². The number of hydrogen-bond acceptors (Lipinski definition) is 2. The fourth-order valence-electron chi connectivity index (χ4n) is 2.52. The molecule has 0 radical (unpaired) electrons. The molecule has 0 bridgehead atoms. The van der Waals surface area contributed by atoms with E-state index in [1.54, 1.807) is 18.7 Å². The first-order chi connectivity index (χ1) is 8.86. The number of halogens is 1. The number of carbonyl (C=O) groups is 1. The second-order valence-electron chi connectivity index (χ2n) is 5.80. The Bertz CT molecular complexity index is 450. The highest BCUT2D eigenvalue weighted by atomic mass is 35.5. The molecule has 1 unspecified atom stereocenters. The first kappa shape index (κ1) is 14.4. The third-order valence-electron chi connectivity index (χ3n) is 3.53. The quantitative estimate of drug-likeness (QED) is 0.925. The van der Waals surface area contributed by atoms with Crippen LogP contribution in [-0.4, -0.2) is 34.6 Å². The number of hydrogen-bond donors (Lipinski definition) is 1. The molecule has 1 aliphatic rings. The summed E-state index contributed by atoms with van der Waals surface area (Å²) in [5.41, 5.74) is -0.0261. The van der Waals surface area contributed by atoms with Gasteiger partial charge in [0.1, 0.15) is 5.60 Å². The molecule has 104 valence electrons. The van der Waals surface area contributed by atoms with Crippen molar-refractivity contribution in [3.8, 4) is 0 Å². The number of aliphatic hydroxyl groups is 1. The van der Waals surface area contributed by atoms with Gasteiger partial charge in [-0.25, -0.2) is 0 Å². The van der Waals surface area contributed by atoms with Gasteiger partial charge in [0.25, 0.3) is 5.91 Å². The van der Waals surface area contributed by atoms with Gasteiger partial charge in [0, 0.05) is 18.1 Å². The summed E-state index contributed by atoms with van der Waals surface area (Å²) in [6, 6.07) is 7.85. The summed E-state index contributed by atoms with van der Waals surface area (Å²) in [4.78, 5) is 13.7. The number of nitrogens with zero attached hydrogens (tertiary/aromatic N) is 1. The van der Waals surface area contributed by atoms with Gasteiger partial charge in [0.2, 0.25) is 0 Å². The van der Waals surface area contributed by atoms with Gasteiger partial charge in [0.05, 0.1) is 0 Å². The van der Waals surface area contributed by atoms with E-state index >= 15 is 0 Å². The highest BCUT2D eigenvalue weighted by Crippen LogP contribution is 2.23. The highest BCUT2D eigenvalue weighted by Gasteiger charge is 2.34. The van der Waals surface area contributed by atoms with E-state index in [-0.39, 0.29) is 5.91 Å². The lowest BCUT2D eigenvalue weighted by molar-refractivity contribution is -0.146. The van der Waals surface area contributed by atoms with Gasteiger partial charge in [-0.1, -0.05) is 23.7 Å². The van der Waals surface area contributed by atoms with Gasteiger partial charge in [0.15, 0.2) is 0 Å². The van der Waals surface area contributed by atoms with Crippen molar-refractivity contribution in [1.82, 2.24) is 4.90 Å². The van der Waals surface area contributed by atoms with Gasteiger partial charge in [-0.2, -0.15) is 0 Å². The molecule has 0 saturated carbocycles. The Morgan fingerprint density at radius 1 is 1.42 bits per heavy atom. The summed E-state index contributed by atoms with van der Waals surface area (Å²) in [7, 11) is 0. The molecule has 0 aromatic heterocycles. The lowest BCUT2D eigenvalue weighted by Crippen LogP contribution is -2.44. The minimum Gasteiger partial charge on any atom is -0.381 e. The van der Waals surface area contributed by atoms with Crippen molar-refractivity contribution < 1.29 is 9.90 Å². The molecule has 0 spiro atoms. The van der Waals surface area contributed by atoms with Crippen LogP contribution in [0, 0.1) is 5.92 Å². The second kappa shape index (κ2) is 5.51. The Kier molecular flexibility index (Phi) is 4.16. The van der Waals surface area contributed by atoms with Gasteiger partial charge in [-0.3, -0.25) is 4.79 Å². The summed E-state index contributed by atoms with van der Waals surface area (Å²) < 4.78 is 0. The van der Waals surface area contributed by atoms with E-state index in [0.717, 1.165) is 31.0 Å². The van der Waals surface area contributed by atoms with E-state index in [9.17, 15) is 9.90 Å². The molecule has 1 fully saturated rings. The molecule has 1 N–H and O–H groups in total. The maximum atomic E-state index is 12.0. The number of benzene rings is 1. The Labute approximate surface area is 119 Å². The Balaban J connectivity index is 1.92. The normalized spacial score (nSPS) is 19.8. The smallest absolute Gasteiger partial charge is 0.253 e. The molecular formula is C15H20ClNO2. The van der Waals surface area contributed by atoms with Crippen LogP contribution in [0.3, 0.4) is 0 Å². The summed E-state index contributed by atoms with van der Waals surface area (Å²) in [5.74, 6) is 0.290. The van der Waals surface area contributed by atoms with Crippen molar-refractivity contribution in [2.75, 3.05) is 13.1 Å². The van der Waals surface area contributed by atoms with Crippen LogP contribution in [0.2, 0.25) is 5.02 Å². The number of likely N-dealkylation sites (tertiary alicyclic amines) is 1. The Morgan fingerprint density at radius 3 is 2.63 bits per heavy atom. The van der Waals surface area contributed by atoms with Crippen LogP contribution in [-0.2, 0) is 11.2 Å². The van der Waals surface area contributed by atoms with Gasteiger partial charge >= 0.3 is 0 Å². The zero-order chi connectivity index (χ0) is 14.0. The van der Waals surface area contributed by atoms with Gasteiger partial charge in [-0.15, -0.1) is 0 Å². The van der Waals surface area contributed by atoms with E-state index in [1.165, 1.54) is 5.56 Å². The number of amides is 1. The van der Waals surface area contributed by atoms with E-state index in [4.69, 9.17) is 11.6 Å². The predicted molar refractivity (Wildman–Crippen MR) is 76.1 cm³/mol. The Hall–Kier alpha value is -1.06. The molecule has 1 heterocycles. The molecular weight excluding hydrogens is 262 g/mol. The van der Waals surface area contributed by atoms with Crippen LogP contribution in [0.5, 0.6) is 0 Å². The Morgan fingerprint density at radius 2 is 2.05 bits per heavy atom. The summed E-state index contributed by atoms with van der Waals surface area (Å²) in [5, 5.41) is 10.5. The molecule has 1 aromatic carbocycles. The van der Waals surface area contributed by atoms with Gasteiger partial charge in [-0.05, 0) is 50.3 Å². The summed E-state index contributed by atoms with van der Waals surface area (Å²) in [6.07, 6.45) is 1.94. The minimum absolute atomic E-state index is 0.175. The average Bonchev–Trinajstić information content (AvgIpc) is 2.78. The van der Waals surface area contributed by atoms with Crippen LogP contribution in [0.1, 0.15) is 25.8 Å². The van der Waals surface area contributed by atoms with Crippen molar-refractivity contribution in [2.24, 2.45) is 5.92 Å². The standard InChI is InChI=1S/C15H20ClNO2/c1-15(2,19)14(18)17-8-7-12(10-17)9-11-3-5-13(16)6-4-11/h3-6,12,19H,7-10H2,1-2H3. The van der Waals surface area contributed by atoms with E-state index in [2.05, 4.69) is 0 Å². The SMILES string of the molecule is CC(C)(O)C(=O)N1CCC(Cc2ccc(Cl)cc2)C1. The lowest BCUT2D eigenvalue weighted by Gasteiger charge is -2.24. The minimum atomic E-state index is -1.27. The zero-order valence-corrected chi connectivity index (χ0v) is 12.2. The molecule has 1 amide bonds. The largest absolute Gasteiger partial charge is 0.381 e. The topological polar surface area (TPSA) is 40.5 Å². The van der Waals surface area contributed by atoms with Crippen molar-refractivity contribution >= 4 is 17.5 Å². The highest BCUT2D eigenvalue weighted by molar-refractivity contribution is 6.30. The first-order valence-electron chi connectivity index (χ1n) is 6.62. The third-order valence-corrected chi connectivity index (χ3v) is 3.79. The third kappa shape index (κ3) is 3.71. The van der Waals surface area contributed by atoms with Crippen molar-refractivity contribution in [2.45, 2.75) is 32.3 Å². The van der Waals surface area contributed by atoms with Crippen LogP contribution in [0.4, 0.5) is 0 Å². The molecule has 0 aliphatic carbocycles. The molecule has 2 rings (SSSR count). The molecule has 4 heteroatoms. The van der Waals surface area contributed by atoms with E-state index < -0.39 is 5.60 Å². The fraction of sp³-hybridized carbons (Fsp3) is 0.533. The average molecular weight is 282 g/mol. The lowest BCUT2D eigenvalue weighted by atomic mass is 9.99. The second-order valence-corrected chi connectivity index (χ2v) is 6.23. The molecule has 1 aromatic rings. The van der Waals surface area contributed by atoms with Crippen molar-refractivity contribution in [3.05, 3.63) is 34.9 Å². The molecule has 19 heavy (non-hydrogen) atoms. The molecule has 3 nitrogen and oxygen atoms in total. The molecule has 1 atom stereocenters. The zero-order valence-electron chi connectivity index (χ0n) is 11.4. The summed E-state index contributed by atoms with van der Waals surface area (Å²) >= 11 is 5.86. The van der Waals surface area contributed by atoms with E-state index in [1.807, 2.05) is 24.3 Å². The number of rotatable bonds is 3. The van der Waals surface area contributed by atoms with Crippen LogP contribution in [0.15, 0.2) is 24.3 Å². The molecule has 1 saturated heterocycles. The van der Waals surface area contributed by atoms with Crippen molar-refractivity contribution in [3.63, 3.8) is 0 Å². The number of carbonyl (C=O) groups excluding carboxylic acids is 1. The van der Waals surface area contributed by atoms with Crippen molar-refractivity contribution in [1.29, 1.82) is 0 Å². The first-order valence-corrected chi connectivity index (χ1v) is 7.00. The maximum Gasteiger partial charge on any atom is 0.253 e. The predicted octanol–water partition coefficient (Wildman–Crippen LogP) is 2.50. The van der Waals surface area contributed by atoms with Gasteiger partial charge < -0.3 is 10.0 Å². The maximum absolute atomic E-state index is 12.0. The van der Waals surface area contributed by atoms with Crippen LogP contribution in [0.25, 0.3) is 0 Å². The monoisotopic (exact) mass is 281 g/mol. The summed E-state index contributed by atoms with van der Waals surface area (Å²) in [6.45, 7) is 4.55. The molecule has 1 aliphatic heterocycles. The fourth-order valence-corrected chi connectivity index (χ4v) is 2.65.